The molecule has 4 nitrogen and oxygen atoms in total. The molecule has 1 heterocycles. The van der Waals surface area contributed by atoms with Gasteiger partial charge >= 0.3 is 0 Å². The quantitative estimate of drug-likeness (QED) is 0.877. The van der Waals surface area contributed by atoms with Gasteiger partial charge in [0.1, 0.15) is 6.04 Å². The fraction of sp³-hybridized carbons (Fsp3) is 0.562. The van der Waals surface area contributed by atoms with E-state index >= 15 is 0 Å². The Morgan fingerprint density at radius 3 is 2.90 bits per heavy atom. The molecule has 3 rings (SSSR count). The summed E-state index contributed by atoms with van der Waals surface area (Å²) in [6.45, 7) is 1.70. The molecule has 1 aliphatic heterocycles. The number of amides is 1. The van der Waals surface area contributed by atoms with Crippen LogP contribution in [0.5, 0.6) is 0 Å². The lowest BCUT2D eigenvalue weighted by Gasteiger charge is -2.28. The standard InChI is InChI=1S/C16H22ClN3O/c1-18-16(21)14-6-3-9-20(14)15-11(4-2-5-13(15)17)10-19-12-7-8-12/h2,4-5,12,14,19H,3,6-10H2,1H3,(H,18,21). The van der Waals surface area contributed by atoms with E-state index in [0.717, 1.165) is 36.6 Å². The van der Waals surface area contributed by atoms with Gasteiger partial charge in [-0.25, -0.2) is 0 Å². The lowest BCUT2D eigenvalue weighted by atomic mass is 10.1. The second-order valence-corrected chi connectivity index (χ2v) is 6.28. The fourth-order valence-electron chi connectivity index (χ4n) is 3.04. The van der Waals surface area contributed by atoms with Crippen molar-refractivity contribution < 1.29 is 4.79 Å². The van der Waals surface area contributed by atoms with E-state index < -0.39 is 0 Å². The van der Waals surface area contributed by atoms with Crippen molar-refractivity contribution in [1.82, 2.24) is 10.6 Å². The highest BCUT2D eigenvalue weighted by molar-refractivity contribution is 6.33. The molecule has 1 atom stereocenters. The Kier molecular flexibility index (Phi) is 4.36. The van der Waals surface area contributed by atoms with Crippen LogP contribution in [-0.4, -0.2) is 31.6 Å². The maximum Gasteiger partial charge on any atom is 0.242 e. The lowest BCUT2D eigenvalue weighted by Crippen LogP contribution is -2.42. The number of nitrogens with zero attached hydrogens (tertiary/aromatic N) is 1. The van der Waals surface area contributed by atoms with Gasteiger partial charge in [-0.15, -0.1) is 0 Å². The van der Waals surface area contributed by atoms with E-state index in [2.05, 4.69) is 21.6 Å². The molecule has 5 heteroatoms. The maximum absolute atomic E-state index is 12.1. The number of carbonyl (C=O) groups is 1. The topological polar surface area (TPSA) is 44.4 Å². The Hall–Kier alpha value is -1.26. The van der Waals surface area contributed by atoms with Crippen molar-refractivity contribution in [2.45, 2.75) is 44.3 Å². The minimum absolute atomic E-state index is 0.0773. The van der Waals surface area contributed by atoms with Gasteiger partial charge < -0.3 is 15.5 Å². The second-order valence-electron chi connectivity index (χ2n) is 5.87. The number of carbonyl (C=O) groups excluding carboxylic acids is 1. The van der Waals surface area contributed by atoms with Gasteiger partial charge in [-0.1, -0.05) is 23.7 Å². The largest absolute Gasteiger partial charge is 0.358 e. The molecule has 0 bridgehead atoms. The second kappa shape index (κ2) is 6.24. The predicted octanol–water partition coefficient (Wildman–Crippen LogP) is 2.31. The summed E-state index contributed by atoms with van der Waals surface area (Å²) in [5.41, 5.74) is 2.21. The summed E-state index contributed by atoms with van der Waals surface area (Å²) in [6, 6.07) is 6.56. The van der Waals surface area contributed by atoms with Crippen LogP contribution in [0.15, 0.2) is 18.2 Å². The minimum atomic E-state index is -0.102. The van der Waals surface area contributed by atoms with Crippen LogP contribution in [0, 0.1) is 0 Å². The van der Waals surface area contributed by atoms with Crippen molar-refractivity contribution in [3.8, 4) is 0 Å². The number of para-hydroxylation sites is 1. The van der Waals surface area contributed by atoms with E-state index in [4.69, 9.17) is 11.6 Å². The van der Waals surface area contributed by atoms with E-state index in [0.29, 0.717) is 6.04 Å². The van der Waals surface area contributed by atoms with Crippen LogP contribution < -0.4 is 15.5 Å². The number of likely N-dealkylation sites (N-methyl/N-ethyl adjacent to an activating group) is 1. The first-order valence-electron chi connectivity index (χ1n) is 7.69. The molecule has 1 aromatic carbocycles. The average molecular weight is 308 g/mol. The third-order valence-corrected chi connectivity index (χ3v) is 4.62. The summed E-state index contributed by atoms with van der Waals surface area (Å²) < 4.78 is 0. The predicted molar refractivity (Wildman–Crippen MR) is 85.7 cm³/mol. The molecule has 21 heavy (non-hydrogen) atoms. The molecule has 114 valence electrons. The molecular weight excluding hydrogens is 286 g/mol. The highest BCUT2D eigenvalue weighted by Gasteiger charge is 2.32. The Balaban J connectivity index is 1.86. The van der Waals surface area contributed by atoms with Gasteiger partial charge in [-0.05, 0) is 37.3 Å². The fourth-order valence-corrected chi connectivity index (χ4v) is 3.34. The zero-order valence-electron chi connectivity index (χ0n) is 12.4. The normalized spacial score (nSPS) is 21.6. The highest BCUT2D eigenvalue weighted by atomic mass is 35.5. The molecule has 0 aromatic heterocycles. The lowest BCUT2D eigenvalue weighted by molar-refractivity contribution is -0.121. The van der Waals surface area contributed by atoms with Gasteiger partial charge in [0.25, 0.3) is 0 Å². The highest BCUT2D eigenvalue weighted by Crippen LogP contribution is 2.35. The molecule has 1 aliphatic carbocycles. The molecule has 2 fully saturated rings. The van der Waals surface area contributed by atoms with Gasteiger partial charge in [-0.3, -0.25) is 4.79 Å². The summed E-state index contributed by atoms with van der Waals surface area (Å²) in [5, 5.41) is 7.04. The summed E-state index contributed by atoms with van der Waals surface area (Å²) in [5.74, 6) is 0.0773. The number of benzene rings is 1. The van der Waals surface area contributed by atoms with Crippen molar-refractivity contribution >= 4 is 23.2 Å². The molecule has 1 saturated heterocycles. The Labute approximate surface area is 130 Å². The van der Waals surface area contributed by atoms with Crippen molar-refractivity contribution in [3.05, 3.63) is 28.8 Å². The van der Waals surface area contributed by atoms with E-state index in [1.54, 1.807) is 7.05 Å². The van der Waals surface area contributed by atoms with Crippen LogP contribution >= 0.6 is 11.6 Å². The van der Waals surface area contributed by atoms with Gasteiger partial charge in [0.15, 0.2) is 0 Å². The molecule has 1 aromatic rings. The average Bonchev–Trinajstić information content (AvgIpc) is 3.20. The molecular formula is C16H22ClN3O. The molecule has 2 aliphatic rings. The number of halogens is 1. The van der Waals surface area contributed by atoms with Crippen LogP contribution in [0.2, 0.25) is 5.02 Å². The van der Waals surface area contributed by atoms with Crippen LogP contribution in [0.1, 0.15) is 31.2 Å². The van der Waals surface area contributed by atoms with Gasteiger partial charge in [-0.2, -0.15) is 0 Å². The van der Waals surface area contributed by atoms with Gasteiger partial charge in [0.2, 0.25) is 5.91 Å². The maximum atomic E-state index is 12.1. The summed E-state index contributed by atoms with van der Waals surface area (Å²) >= 11 is 6.45. The zero-order valence-corrected chi connectivity index (χ0v) is 13.1. The van der Waals surface area contributed by atoms with Crippen LogP contribution in [-0.2, 0) is 11.3 Å². The zero-order chi connectivity index (χ0) is 14.8. The Morgan fingerprint density at radius 1 is 1.38 bits per heavy atom. The molecule has 2 N–H and O–H groups in total. The molecule has 0 radical (unpaired) electrons. The van der Waals surface area contributed by atoms with Crippen molar-refractivity contribution in [1.29, 1.82) is 0 Å². The monoisotopic (exact) mass is 307 g/mol. The Bertz CT molecular complexity index is 530. The molecule has 1 unspecified atom stereocenters. The molecule has 1 saturated carbocycles. The third-order valence-electron chi connectivity index (χ3n) is 4.32. The number of hydrogen-bond acceptors (Lipinski definition) is 3. The van der Waals surface area contributed by atoms with Crippen molar-refractivity contribution in [2.75, 3.05) is 18.5 Å². The minimum Gasteiger partial charge on any atom is -0.358 e. The molecule has 1 amide bonds. The molecule has 0 spiro atoms. The summed E-state index contributed by atoms with van der Waals surface area (Å²) in [7, 11) is 1.70. The van der Waals surface area contributed by atoms with E-state index in [1.165, 1.54) is 18.4 Å². The number of hydrogen-bond donors (Lipinski definition) is 2. The number of anilines is 1. The first kappa shape index (κ1) is 14.7. The van der Waals surface area contributed by atoms with E-state index in [-0.39, 0.29) is 11.9 Å². The smallest absolute Gasteiger partial charge is 0.242 e. The third kappa shape index (κ3) is 3.16. The Morgan fingerprint density at radius 2 is 2.19 bits per heavy atom. The van der Waals surface area contributed by atoms with Crippen LogP contribution in [0.4, 0.5) is 5.69 Å². The van der Waals surface area contributed by atoms with E-state index in [1.807, 2.05) is 12.1 Å². The first-order valence-corrected chi connectivity index (χ1v) is 8.07. The number of nitrogens with one attached hydrogen (secondary N) is 2. The SMILES string of the molecule is CNC(=O)C1CCCN1c1c(Cl)cccc1CNC1CC1. The summed E-state index contributed by atoms with van der Waals surface area (Å²) in [6.07, 6.45) is 4.44. The van der Waals surface area contributed by atoms with E-state index in [9.17, 15) is 4.79 Å². The van der Waals surface area contributed by atoms with Crippen molar-refractivity contribution in [2.24, 2.45) is 0 Å². The number of rotatable bonds is 5. The first-order chi connectivity index (χ1) is 10.2. The summed E-state index contributed by atoms with van der Waals surface area (Å²) in [4.78, 5) is 14.3. The van der Waals surface area contributed by atoms with Gasteiger partial charge in [0, 0.05) is 26.2 Å². The van der Waals surface area contributed by atoms with Gasteiger partial charge in [0.05, 0.1) is 10.7 Å². The van der Waals surface area contributed by atoms with Crippen molar-refractivity contribution in [3.63, 3.8) is 0 Å². The van der Waals surface area contributed by atoms with Crippen LogP contribution in [0.25, 0.3) is 0 Å². The van der Waals surface area contributed by atoms with Crippen LogP contribution in [0.3, 0.4) is 0 Å².